The van der Waals surface area contributed by atoms with Crippen LogP contribution in [0.1, 0.15) is 21.5 Å². The highest BCUT2D eigenvalue weighted by molar-refractivity contribution is 7.80. The van der Waals surface area contributed by atoms with Gasteiger partial charge in [0.15, 0.2) is 5.11 Å². The van der Waals surface area contributed by atoms with E-state index in [9.17, 15) is 14.4 Å². The Kier molecular flexibility index (Phi) is 6.38. The van der Waals surface area contributed by atoms with Gasteiger partial charge in [-0.05, 0) is 53.7 Å². The summed E-state index contributed by atoms with van der Waals surface area (Å²) in [5, 5.41) is 11.5. The minimum atomic E-state index is -0.980. The molecule has 1 saturated heterocycles. The molecular formula is C22H18N2O5S. The summed E-state index contributed by atoms with van der Waals surface area (Å²) in [5.41, 5.74) is 1.68. The van der Waals surface area contributed by atoms with Crippen LogP contribution in [0.15, 0.2) is 66.8 Å². The van der Waals surface area contributed by atoms with Crippen molar-refractivity contribution in [1.29, 1.82) is 0 Å². The summed E-state index contributed by atoms with van der Waals surface area (Å²) < 4.78 is 5.69. The van der Waals surface area contributed by atoms with Crippen molar-refractivity contribution in [1.82, 2.24) is 10.2 Å². The number of hydrogen-bond acceptors (Lipinski definition) is 5. The number of hydrogen-bond donors (Lipinski definition) is 2. The standard InChI is InChI=1S/C22H18N2O5S/c1-2-11-24-20(26)18(19(25)23-22(24)30)12-14-5-9-17(10-6-14)29-13-15-3-7-16(8-4-15)21(27)28/h2-10,12H,1,11,13H2,(H,27,28)(H,23,25,30). The van der Waals surface area contributed by atoms with Gasteiger partial charge in [0.05, 0.1) is 5.56 Å². The van der Waals surface area contributed by atoms with E-state index in [2.05, 4.69) is 11.9 Å². The number of ether oxygens (including phenoxy) is 1. The molecule has 7 nitrogen and oxygen atoms in total. The summed E-state index contributed by atoms with van der Waals surface area (Å²) in [6, 6.07) is 13.3. The molecule has 1 fully saturated rings. The fraction of sp³-hybridized carbons (Fsp3) is 0.0909. The van der Waals surface area contributed by atoms with Crippen LogP contribution < -0.4 is 10.1 Å². The van der Waals surface area contributed by atoms with E-state index in [0.717, 1.165) is 5.56 Å². The largest absolute Gasteiger partial charge is 0.489 e. The fourth-order valence-corrected chi connectivity index (χ4v) is 2.98. The van der Waals surface area contributed by atoms with Crippen LogP contribution in [-0.2, 0) is 16.2 Å². The lowest BCUT2D eigenvalue weighted by molar-refractivity contribution is -0.128. The van der Waals surface area contributed by atoms with E-state index in [0.29, 0.717) is 11.3 Å². The lowest BCUT2D eigenvalue weighted by Crippen LogP contribution is -2.53. The molecular weight excluding hydrogens is 404 g/mol. The quantitative estimate of drug-likeness (QED) is 0.308. The topological polar surface area (TPSA) is 95.9 Å². The van der Waals surface area contributed by atoms with Crippen LogP contribution in [0.25, 0.3) is 6.08 Å². The number of amides is 2. The van der Waals surface area contributed by atoms with E-state index in [1.54, 1.807) is 36.4 Å². The first-order valence-corrected chi connectivity index (χ1v) is 9.34. The maximum Gasteiger partial charge on any atom is 0.335 e. The number of aromatic carboxylic acids is 1. The van der Waals surface area contributed by atoms with Crippen LogP contribution in [0.5, 0.6) is 5.75 Å². The molecule has 0 unspecified atom stereocenters. The average molecular weight is 422 g/mol. The number of nitrogens with one attached hydrogen (secondary N) is 1. The third-order valence-corrected chi connectivity index (χ3v) is 4.62. The van der Waals surface area contributed by atoms with Crippen molar-refractivity contribution in [2.24, 2.45) is 0 Å². The number of thiocarbonyl (C=S) groups is 1. The Balaban J connectivity index is 1.68. The van der Waals surface area contributed by atoms with Gasteiger partial charge in [-0.25, -0.2) is 4.79 Å². The summed E-state index contributed by atoms with van der Waals surface area (Å²) in [7, 11) is 0. The van der Waals surface area contributed by atoms with Gasteiger partial charge in [-0.1, -0.05) is 30.3 Å². The first-order chi connectivity index (χ1) is 14.4. The Morgan fingerprint density at radius 3 is 2.40 bits per heavy atom. The lowest BCUT2D eigenvalue weighted by atomic mass is 10.1. The zero-order valence-corrected chi connectivity index (χ0v) is 16.6. The second-order valence-electron chi connectivity index (χ2n) is 6.38. The summed E-state index contributed by atoms with van der Waals surface area (Å²) >= 11 is 5.02. The Labute approximate surface area is 178 Å². The normalized spacial score (nSPS) is 15.1. The van der Waals surface area contributed by atoms with Gasteiger partial charge in [-0.3, -0.25) is 19.8 Å². The fourth-order valence-electron chi connectivity index (χ4n) is 2.73. The second kappa shape index (κ2) is 9.15. The highest BCUT2D eigenvalue weighted by Crippen LogP contribution is 2.19. The van der Waals surface area contributed by atoms with Crippen molar-refractivity contribution >= 4 is 41.2 Å². The van der Waals surface area contributed by atoms with Crippen LogP contribution >= 0.6 is 12.2 Å². The molecule has 0 saturated carbocycles. The first kappa shape index (κ1) is 20.9. The highest BCUT2D eigenvalue weighted by Gasteiger charge is 2.32. The van der Waals surface area contributed by atoms with Gasteiger partial charge in [0.1, 0.15) is 17.9 Å². The predicted octanol–water partition coefficient (Wildman–Crippen LogP) is 2.78. The van der Waals surface area contributed by atoms with Gasteiger partial charge < -0.3 is 9.84 Å². The molecule has 1 aliphatic heterocycles. The van der Waals surface area contributed by atoms with E-state index in [1.165, 1.54) is 29.2 Å². The van der Waals surface area contributed by atoms with Crippen molar-refractivity contribution < 1.29 is 24.2 Å². The molecule has 0 bridgehead atoms. The zero-order chi connectivity index (χ0) is 21.7. The third-order valence-electron chi connectivity index (χ3n) is 4.29. The maximum atomic E-state index is 12.5. The summed E-state index contributed by atoms with van der Waals surface area (Å²) in [6.07, 6.45) is 3.02. The molecule has 0 atom stereocenters. The van der Waals surface area contributed by atoms with E-state index >= 15 is 0 Å². The van der Waals surface area contributed by atoms with E-state index in [-0.39, 0.29) is 29.4 Å². The molecule has 8 heteroatoms. The van der Waals surface area contributed by atoms with Gasteiger partial charge in [0, 0.05) is 6.54 Å². The monoisotopic (exact) mass is 422 g/mol. The number of carboxylic acid groups (broad SMARTS) is 1. The number of nitrogens with zero attached hydrogens (tertiary/aromatic N) is 1. The minimum Gasteiger partial charge on any atom is -0.489 e. The van der Waals surface area contributed by atoms with Crippen molar-refractivity contribution in [3.8, 4) is 5.75 Å². The number of rotatable bonds is 7. The summed E-state index contributed by atoms with van der Waals surface area (Å²) in [6.45, 7) is 4.06. The number of benzene rings is 2. The predicted molar refractivity (Wildman–Crippen MR) is 115 cm³/mol. The van der Waals surface area contributed by atoms with Gasteiger partial charge in [-0.2, -0.15) is 0 Å². The molecule has 3 rings (SSSR count). The van der Waals surface area contributed by atoms with E-state index in [4.69, 9.17) is 22.1 Å². The molecule has 0 spiro atoms. The molecule has 0 aliphatic carbocycles. The number of carboxylic acids is 1. The first-order valence-electron chi connectivity index (χ1n) is 8.94. The molecule has 1 aliphatic rings. The minimum absolute atomic E-state index is 0.0161. The van der Waals surface area contributed by atoms with Gasteiger partial charge in [-0.15, -0.1) is 6.58 Å². The molecule has 2 N–H and O–H groups in total. The molecule has 0 radical (unpaired) electrons. The van der Waals surface area contributed by atoms with Crippen molar-refractivity contribution in [2.45, 2.75) is 6.61 Å². The van der Waals surface area contributed by atoms with Crippen molar-refractivity contribution in [3.63, 3.8) is 0 Å². The highest BCUT2D eigenvalue weighted by atomic mass is 32.1. The van der Waals surface area contributed by atoms with Gasteiger partial charge in [0.2, 0.25) is 0 Å². The summed E-state index contributed by atoms with van der Waals surface area (Å²) in [5.74, 6) is -1.41. The van der Waals surface area contributed by atoms with Crippen LogP contribution in [0.4, 0.5) is 0 Å². The van der Waals surface area contributed by atoms with Crippen molar-refractivity contribution in [2.75, 3.05) is 6.54 Å². The second-order valence-corrected chi connectivity index (χ2v) is 6.77. The zero-order valence-electron chi connectivity index (χ0n) is 15.8. The van der Waals surface area contributed by atoms with Crippen LogP contribution in [-0.4, -0.2) is 39.4 Å². The van der Waals surface area contributed by atoms with Gasteiger partial charge >= 0.3 is 5.97 Å². The van der Waals surface area contributed by atoms with Crippen LogP contribution in [0.2, 0.25) is 0 Å². The van der Waals surface area contributed by atoms with Crippen LogP contribution in [0.3, 0.4) is 0 Å². The molecule has 2 amide bonds. The molecule has 2 aromatic carbocycles. The molecule has 2 aromatic rings. The lowest BCUT2D eigenvalue weighted by Gasteiger charge is -2.27. The Morgan fingerprint density at radius 2 is 1.80 bits per heavy atom. The number of carbonyl (C=O) groups is 3. The van der Waals surface area contributed by atoms with E-state index in [1.807, 2.05) is 0 Å². The van der Waals surface area contributed by atoms with E-state index < -0.39 is 17.8 Å². The molecule has 1 heterocycles. The van der Waals surface area contributed by atoms with Gasteiger partial charge in [0.25, 0.3) is 11.8 Å². The Hall–Kier alpha value is -3.78. The third kappa shape index (κ3) is 4.79. The Morgan fingerprint density at radius 1 is 1.13 bits per heavy atom. The smallest absolute Gasteiger partial charge is 0.335 e. The molecule has 30 heavy (non-hydrogen) atoms. The SMILES string of the molecule is C=CCN1C(=O)C(=Cc2ccc(OCc3ccc(C(=O)O)cc3)cc2)C(=O)NC1=S. The summed E-state index contributed by atoms with van der Waals surface area (Å²) in [4.78, 5) is 36.8. The number of carbonyl (C=O) groups excluding carboxylic acids is 2. The molecule has 0 aromatic heterocycles. The molecule has 152 valence electrons. The average Bonchev–Trinajstić information content (AvgIpc) is 2.74. The van der Waals surface area contributed by atoms with Crippen LogP contribution in [0, 0.1) is 0 Å². The maximum absolute atomic E-state index is 12.5. The Bertz CT molecular complexity index is 1040. The van der Waals surface area contributed by atoms with Crippen molar-refractivity contribution in [3.05, 3.63) is 83.4 Å².